The van der Waals surface area contributed by atoms with Gasteiger partial charge >= 0.3 is 0 Å². The number of fused-ring (bicyclic) bond motifs is 1. The van der Waals surface area contributed by atoms with E-state index in [1.54, 1.807) is 29.9 Å². The molecule has 0 saturated heterocycles. The molecule has 0 radical (unpaired) electrons. The molecular formula is C15H19ClN8O. The quantitative estimate of drug-likeness (QED) is 0.490. The van der Waals surface area contributed by atoms with Gasteiger partial charge in [0.05, 0.1) is 23.4 Å². The summed E-state index contributed by atoms with van der Waals surface area (Å²) in [6, 6.07) is 5.06. The number of rotatable bonds is 6. The predicted molar refractivity (Wildman–Crippen MR) is 98.0 cm³/mol. The van der Waals surface area contributed by atoms with Gasteiger partial charge < -0.3 is 21.5 Å². The lowest BCUT2D eigenvalue weighted by Crippen LogP contribution is -2.24. The Kier molecular flexibility index (Phi) is 4.86. The molecule has 0 amide bonds. The van der Waals surface area contributed by atoms with Crippen LogP contribution >= 0.6 is 11.6 Å². The highest BCUT2D eigenvalue weighted by Gasteiger charge is 2.15. The predicted octanol–water partition coefficient (Wildman–Crippen LogP) is 1.92. The molecular weight excluding hydrogens is 344 g/mol. The van der Waals surface area contributed by atoms with Crippen molar-refractivity contribution in [3.63, 3.8) is 0 Å². The van der Waals surface area contributed by atoms with Gasteiger partial charge in [-0.25, -0.2) is 4.68 Å². The summed E-state index contributed by atoms with van der Waals surface area (Å²) in [5.74, 6) is 0.858. The molecule has 0 saturated carbocycles. The number of hydrogen-bond donors (Lipinski definition) is 4. The fourth-order valence-electron chi connectivity index (χ4n) is 2.27. The Morgan fingerprint density at radius 1 is 1.36 bits per heavy atom. The zero-order valence-corrected chi connectivity index (χ0v) is 14.6. The lowest BCUT2D eigenvalue weighted by molar-refractivity contribution is 0.271. The molecule has 10 heteroatoms. The number of nitrogens with zero attached hydrogens (tertiary/aromatic N) is 5. The summed E-state index contributed by atoms with van der Waals surface area (Å²) in [5.41, 5.74) is 8.04. The molecule has 0 bridgehead atoms. The SMILES string of the molecule is CCC(CO)Nc1nc(Nc2ccc(N)c(Cl)c2)c2nnn(C)c2n1. The first-order chi connectivity index (χ1) is 12.0. The number of benzene rings is 1. The molecule has 3 rings (SSSR count). The van der Waals surface area contributed by atoms with Crippen molar-refractivity contribution in [3.05, 3.63) is 23.2 Å². The Morgan fingerprint density at radius 3 is 2.84 bits per heavy atom. The van der Waals surface area contributed by atoms with E-state index in [0.717, 1.165) is 6.42 Å². The Bertz CT molecular complexity index is 893. The van der Waals surface area contributed by atoms with E-state index in [4.69, 9.17) is 17.3 Å². The van der Waals surface area contributed by atoms with Crippen LogP contribution in [0.25, 0.3) is 11.2 Å². The van der Waals surface area contributed by atoms with Gasteiger partial charge in [0.2, 0.25) is 5.95 Å². The van der Waals surface area contributed by atoms with E-state index in [2.05, 4.69) is 30.9 Å². The lowest BCUT2D eigenvalue weighted by atomic mass is 10.2. The van der Waals surface area contributed by atoms with E-state index < -0.39 is 0 Å². The fourth-order valence-corrected chi connectivity index (χ4v) is 2.45. The van der Waals surface area contributed by atoms with Crippen molar-refractivity contribution in [3.8, 4) is 0 Å². The van der Waals surface area contributed by atoms with Crippen molar-refractivity contribution in [2.24, 2.45) is 7.05 Å². The van der Waals surface area contributed by atoms with Crippen molar-refractivity contribution < 1.29 is 5.11 Å². The summed E-state index contributed by atoms with van der Waals surface area (Å²) >= 11 is 6.07. The number of halogens is 1. The number of hydrogen-bond acceptors (Lipinski definition) is 8. The van der Waals surface area contributed by atoms with E-state index in [9.17, 15) is 5.11 Å². The van der Waals surface area contributed by atoms with Gasteiger partial charge in [-0.15, -0.1) is 5.10 Å². The average Bonchev–Trinajstić information content (AvgIpc) is 2.97. The second-order valence-corrected chi connectivity index (χ2v) is 5.98. The van der Waals surface area contributed by atoms with Crippen LogP contribution in [0.5, 0.6) is 0 Å². The molecule has 0 spiro atoms. The largest absolute Gasteiger partial charge is 0.398 e. The standard InChI is InChI=1S/C15H19ClN8O/c1-3-8(7-25)19-15-20-13(12-14(21-15)24(2)23-22-12)18-9-4-5-11(17)10(16)6-9/h4-6,8,25H,3,7,17H2,1-2H3,(H2,18,19,20,21). The molecule has 2 aromatic heterocycles. The number of aryl methyl sites for hydroxylation is 1. The van der Waals surface area contributed by atoms with Gasteiger partial charge in [-0.1, -0.05) is 23.7 Å². The minimum atomic E-state index is -0.141. The van der Waals surface area contributed by atoms with Crippen LogP contribution in [0.3, 0.4) is 0 Å². The molecule has 1 atom stereocenters. The number of anilines is 4. The van der Waals surface area contributed by atoms with Crippen LogP contribution in [-0.2, 0) is 7.05 Å². The molecule has 1 unspecified atom stereocenters. The third kappa shape index (κ3) is 3.57. The van der Waals surface area contributed by atoms with Gasteiger partial charge in [-0.3, -0.25) is 0 Å². The summed E-state index contributed by atoms with van der Waals surface area (Å²) < 4.78 is 1.56. The van der Waals surface area contributed by atoms with Crippen LogP contribution in [0.15, 0.2) is 18.2 Å². The van der Waals surface area contributed by atoms with E-state index in [-0.39, 0.29) is 12.6 Å². The summed E-state index contributed by atoms with van der Waals surface area (Å²) in [6.45, 7) is 1.95. The molecule has 9 nitrogen and oxygen atoms in total. The van der Waals surface area contributed by atoms with Crippen LogP contribution in [-0.4, -0.2) is 42.7 Å². The molecule has 5 N–H and O–H groups in total. The van der Waals surface area contributed by atoms with Crippen molar-refractivity contribution in [2.45, 2.75) is 19.4 Å². The first kappa shape index (κ1) is 17.2. The second-order valence-electron chi connectivity index (χ2n) is 5.57. The third-order valence-electron chi connectivity index (χ3n) is 3.76. The van der Waals surface area contributed by atoms with Crippen LogP contribution in [0.1, 0.15) is 13.3 Å². The Balaban J connectivity index is 2.01. The minimum absolute atomic E-state index is 0.0160. The highest BCUT2D eigenvalue weighted by molar-refractivity contribution is 6.33. The molecule has 0 aliphatic carbocycles. The molecule has 0 fully saturated rings. The number of nitrogens with one attached hydrogen (secondary N) is 2. The second kappa shape index (κ2) is 7.08. The normalized spacial score (nSPS) is 12.3. The van der Waals surface area contributed by atoms with Crippen LogP contribution in [0, 0.1) is 0 Å². The zero-order valence-electron chi connectivity index (χ0n) is 13.9. The zero-order chi connectivity index (χ0) is 18.0. The first-order valence-corrected chi connectivity index (χ1v) is 8.16. The average molecular weight is 363 g/mol. The van der Waals surface area contributed by atoms with Crippen molar-refractivity contribution in [1.82, 2.24) is 25.0 Å². The summed E-state index contributed by atoms with van der Waals surface area (Å²) in [7, 11) is 1.75. The molecule has 3 aromatic rings. The number of aliphatic hydroxyl groups is 1. The molecule has 25 heavy (non-hydrogen) atoms. The Morgan fingerprint density at radius 2 is 2.16 bits per heavy atom. The number of nitrogens with two attached hydrogens (primary N) is 1. The number of aromatic nitrogens is 5. The maximum atomic E-state index is 9.39. The third-order valence-corrected chi connectivity index (χ3v) is 4.09. The van der Waals surface area contributed by atoms with Gasteiger partial charge in [-0.2, -0.15) is 9.97 Å². The highest BCUT2D eigenvalue weighted by atomic mass is 35.5. The van der Waals surface area contributed by atoms with Gasteiger partial charge in [0, 0.05) is 12.7 Å². The van der Waals surface area contributed by atoms with Gasteiger partial charge in [0.1, 0.15) is 0 Å². The first-order valence-electron chi connectivity index (χ1n) is 7.78. The molecule has 1 aromatic carbocycles. The monoisotopic (exact) mass is 362 g/mol. The maximum Gasteiger partial charge on any atom is 0.227 e. The van der Waals surface area contributed by atoms with Crippen molar-refractivity contribution >= 4 is 45.9 Å². The Labute approximate surface area is 149 Å². The topological polar surface area (TPSA) is 127 Å². The highest BCUT2D eigenvalue weighted by Crippen LogP contribution is 2.27. The smallest absolute Gasteiger partial charge is 0.227 e. The van der Waals surface area contributed by atoms with E-state index >= 15 is 0 Å². The lowest BCUT2D eigenvalue weighted by Gasteiger charge is -2.15. The molecule has 2 heterocycles. The van der Waals surface area contributed by atoms with Gasteiger partial charge in [-0.05, 0) is 24.6 Å². The molecule has 0 aliphatic rings. The Hall–Kier alpha value is -2.65. The van der Waals surface area contributed by atoms with Crippen LogP contribution in [0.2, 0.25) is 5.02 Å². The van der Waals surface area contributed by atoms with Crippen molar-refractivity contribution in [2.75, 3.05) is 23.0 Å². The number of aliphatic hydroxyl groups excluding tert-OH is 1. The van der Waals surface area contributed by atoms with Gasteiger partial charge in [0.25, 0.3) is 0 Å². The van der Waals surface area contributed by atoms with Crippen molar-refractivity contribution in [1.29, 1.82) is 0 Å². The van der Waals surface area contributed by atoms with Crippen LogP contribution < -0.4 is 16.4 Å². The number of nitrogen functional groups attached to an aromatic ring is 1. The molecule has 132 valence electrons. The summed E-state index contributed by atoms with van der Waals surface area (Å²) in [5, 5.41) is 24.2. The van der Waals surface area contributed by atoms with E-state index in [1.807, 2.05) is 6.92 Å². The van der Waals surface area contributed by atoms with E-state index in [0.29, 0.717) is 39.3 Å². The summed E-state index contributed by atoms with van der Waals surface area (Å²) in [6.07, 6.45) is 0.734. The van der Waals surface area contributed by atoms with Gasteiger partial charge in [0.15, 0.2) is 17.0 Å². The minimum Gasteiger partial charge on any atom is -0.398 e. The molecule has 0 aliphatic heterocycles. The fraction of sp³-hybridized carbons (Fsp3) is 0.333. The van der Waals surface area contributed by atoms with Crippen LogP contribution in [0.4, 0.5) is 23.1 Å². The van der Waals surface area contributed by atoms with E-state index in [1.165, 1.54) is 0 Å². The summed E-state index contributed by atoms with van der Waals surface area (Å²) in [4.78, 5) is 8.89. The maximum absolute atomic E-state index is 9.39.